The normalized spacial score (nSPS) is 12.4. The molecule has 1 nitrogen and oxygen atoms in total. The molecule has 0 unspecified atom stereocenters. The molecule has 0 N–H and O–H groups in total. The number of nitrogens with zero attached hydrogens (tertiary/aromatic N) is 1. The first-order valence-electron chi connectivity index (χ1n) is 6.02. The predicted octanol–water partition coefficient (Wildman–Crippen LogP) is 5.06. The molecule has 0 aromatic heterocycles. The molecule has 0 aliphatic carbocycles. The number of aliphatic imine (C=N–C) groups is 1. The van der Waals surface area contributed by atoms with Crippen molar-refractivity contribution < 1.29 is 0 Å². The largest absolute Gasteiger partial charge is 0.256 e. The highest BCUT2D eigenvalue weighted by molar-refractivity contribution is 9.11. The molecular weight excluding hydrogens is 298 g/mol. The molecule has 0 fully saturated rings. The number of hydrogen-bond donors (Lipinski definition) is 0. The molecule has 0 saturated heterocycles. The lowest BCUT2D eigenvalue weighted by molar-refractivity contribution is 1.50. The molecule has 0 atom stereocenters. The zero-order chi connectivity index (χ0) is 13.3. The van der Waals surface area contributed by atoms with Crippen molar-refractivity contribution in [2.45, 2.75) is 0 Å². The second-order valence-corrected chi connectivity index (χ2v) is 4.43. The Balaban J connectivity index is 2.28. The van der Waals surface area contributed by atoms with Crippen molar-refractivity contribution in [3.05, 3.63) is 88.9 Å². The third-order valence-electron chi connectivity index (χ3n) is 2.55. The summed E-state index contributed by atoms with van der Waals surface area (Å²) in [4.78, 5) is 6.38. The van der Waals surface area contributed by atoms with Crippen LogP contribution in [-0.2, 0) is 0 Å². The fourth-order valence-electron chi connectivity index (χ4n) is 1.63. The third kappa shape index (κ3) is 4.34. The Morgan fingerprint density at radius 2 is 1.53 bits per heavy atom. The van der Waals surface area contributed by atoms with Crippen LogP contribution in [0.5, 0.6) is 0 Å². The monoisotopic (exact) mass is 311 g/mol. The Kier molecular flexibility index (Phi) is 5.32. The molecule has 2 aromatic carbocycles. The Labute approximate surface area is 122 Å². The smallest absolute Gasteiger partial charge is 0.0702 e. The van der Waals surface area contributed by atoms with Gasteiger partial charge in [-0.3, -0.25) is 4.99 Å². The summed E-state index contributed by atoms with van der Waals surface area (Å²) in [6.07, 6.45) is 5.77. The molecule has 2 rings (SSSR count). The quantitative estimate of drug-likeness (QED) is 0.553. The van der Waals surface area contributed by atoms with Crippen molar-refractivity contribution in [2.24, 2.45) is 4.99 Å². The maximum atomic E-state index is 4.57. The highest BCUT2D eigenvalue weighted by Gasteiger charge is 1.96. The maximum absolute atomic E-state index is 4.57. The molecular formula is C17H14BrN. The molecule has 0 heterocycles. The number of halogens is 1. The van der Waals surface area contributed by atoms with E-state index in [2.05, 4.69) is 33.1 Å². The van der Waals surface area contributed by atoms with Gasteiger partial charge in [0.05, 0.1) is 5.70 Å². The van der Waals surface area contributed by atoms with Gasteiger partial charge in [-0.1, -0.05) is 82.7 Å². The molecule has 0 aliphatic rings. The van der Waals surface area contributed by atoms with Crippen molar-refractivity contribution >= 4 is 27.8 Å². The number of rotatable bonds is 4. The lowest BCUT2D eigenvalue weighted by atomic mass is 10.1. The maximum Gasteiger partial charge on any atom is 0.0702 e. The standard InChI is InChI=1S/C17H14BrN/c18-13-7-12-17(16-10-5-2-6-11-16)19-14-15-8-3-1-4-9-15/h1-14H/b13-7+,17-12+,19-14?. The van der Waals surface area contributed by atoms with Gasteiger partial charge in [-0.25, -0.2) is 0 Å². The Morgan fingerprint density at radius 1 is 0.895 bits per heavy atom. The first-order valence-corrected chi connectivity index (χ1v) is 6.93. The van der Waals surface area contributed by atoms with E-state index in [4.69, 9.17) is 0 Å². The van der Waals surface area contributed by atoms with E-state index in [-0.39, 0.29) is 0 Å². The van der Waals surface area contributed by atoms with Crippen LogP contribution in [0.2, 0.25) is 0 Å². The molecule has 0 aliphatic heterocycles. The minimum atomic E-state index is 0.931. The minimum Gasteiger partial charge on any atom is -0.256 e. The summed E-state index contributed by atoms with van der Waals surface area (Å²) < 4.78 is 0. The van der Waals surface area contributed by atoms with Gasteiger partial charge in [-0.15, -0.1) is 0 Å². The van der Waals surface area contributed by atoms with Gasteiger partial charge in [0.25, 0.3) is 0 Å². The molecule has 19 heavy (non-hydrogen) atoms. The average Bonchev–Trinajstić information content (AvgIpc) is 2.49. The van der Waals surface area contributed by atoms with Crippen molar-refractivity contribution in [3.8, 4) is 0 Å². The fourth-order valence-corrected chi connectivity index (χ4v) is 1.79. The number of hydrogen-bond acceptors (Lipinski definition) is 1. The Morgan fingerprint density at radius 3 is 2.16 bits per heavy atom. The van der Waals surface area contributed by atoms with E-state index in [1.165, 1.54) is 0 Å². The summed E-state index contributed by atoms with van der Waals surface area (Å²) in [5, 5.41) is 0. The summed E-state index contributed by atoms with van der Waals surface area (Å²) in [5.41, 5.74) is 3.12. The van der Waals surface area contributed by atoms with Gasteiger partial charge in [0, 0.05) is 11.8 Å². The SMILES string of the molecule is Br/C=C/C=C(/N=Cc1ccccc1)c1ccccc1. The first-order chi connectivity index (χ1) is 9.40. The van der Waals surface area contributed by atoms with Gasteiger partial charge in [-0.05, 0) is 16.6 Å². The van der Waals surface area contributed by atoms with Gasteiger partial charge in [0.2, 0.25) is 0 Å². The van der Waals surface area contributed by atoms with Crippen molar-refractivity contribution in [1.82, 2.24) is 0 Å². The van der Waals surface area contributed by atoms with E-state index in [9.17, 15) is 0 Å². The second-order valence-electron chi connectivity index (χ2n) is 3.91. The molecule has 2 heteroatoms. The molecule has 0 amide bonds. The summed E-state index contributed by atoms with van der Waals surface area (Å²) in [6, 6.07) is 20.2. The number of benzene rings is 2. The van der Waals surface area contributed by atoms with Gasteiger partial charge in [0.15, 0.2) is 0 Å². The topological polar surface area (TPSA) is 12.4 Å². The molecule has 0 saturated carbocycles. The van der Waals surface area contributed by atoms with E-state index in [0.29, 0.717) is 0 Å². The average molecular weight is 312 g/mol. The van der Waals surface area contributed by atoms with Crippen LogP contribution >= 0.6 is 15.9 Å². The first kappa shape index (κ1) is 13.5. The molecule has 0 bridgehead atoms. The highest BCUT2D eigenvalue weighted by Crippen LogP contribution is 2.15. The van der Waals surface area contributed by atoms with Crippen molar-refractivity contribution in [1.29, 1.82) is 0 Å². The van der Waals surface area contributed by atoms with E-state index < -0.39 is 0 Å². The van der Waals surface area contributed by atoms with Crippen LogP contribution in [0.25, 0.3) is 5.70 Å². The summed E-state index contributed by atoms with van der Waals surface area (Å²) in [7, 11) is 0. The number of allylic oxidation sites excluding steroid dienone is 2. The van der Waals surface area contributed by atoms with Crippen LogP contribution in [0.4, 0.5) is 0 Å². The van der Waals surface area contributed by atoms with Crippen LogP contribution in [-0.4, -0.2) is 6.21 Å². The van der Waals surface area contributed by atoms with Crippen LogP contribution < -0.4 is 0 Å². The van der Waals surface area contributed by atoms with E-state index >= 15 is 0 Å². The van der Waals surface area contributed by atoms with E-state index in [1.807, 2.05) is 71.9 Å². The molecule has 94 valence electrons. The minimum absolute atomic E-state index is 0.931. The second kappa shape index (κ2) is 7.49. The molecule has 2 aromatic rings. The molecule has 0 spiro atoms. The van der Waals surface area contributed by atoms with Crippen molar-refractivity contribution in [2.75, 3.05) is 0 Å². The van der Waals surface area contributed by atoms with Crippen LogP contribution in [0, 0.1) is 0 Å². The van der Waals surface area contributed by atoms with Crippen LogP contribution in [0.3, 0.4) is 0 Å². The zero-order valence-electron chi connectivity index (χ0n) is 10.4. The zero-order valence-corrected chi connectivity index (χ0v) is 12.0. The van der Waals surface area contributed by atoms with Gasteiger partial charge in [0.1, 0.15) is 0 Å². The predicted molar refractivity (Wildman–Crippen MR) is 86.5 cm³/mol. The Hall–Kier alpha value is -1.93. The summed E-state index contributed by atoms with van der Waals surface area (Å²) in [5.74, 6) is 0. The fraction of sp³-hybridized carbons (Fsp3) is 0. The van der Waals surface area contributed by atoms with Crippen molar-refractivity contribution in [3.63, 3.8) is 0 Å². The van der Waals surface area contributed by atoms with Gasteiger partial charge < -0.3 is 0 Å². The lowest BCUT2D eigenvalue weighted by Gasteiger charge is -2.00. The van der Waals surface area contributed by atoms with Gasteiger partial charge in [-0.2, -0.15) is 0 Å². The summed E-state index contributed by atoms with van der Waals surface area (Å²) in [6.45, 7) is 0. The van der Waals surface area contributed by atoms with Gasteiger partial charge >= 0.3 is 0 Å². The van der Waals surface area contributed by atoms with Crippen LogP contribution in [0.15, 0.2) is 82.8 Å². The Bertz CT molecular complexity index is 583. The van der Waals surface area contributed by atoms with E-state index in [0.717, 1.165) is 16.8 Å². The summed E-state index contributed by atoms with van der Waals surface area (Å²) >= 11 is 3.27. The molecule has 0 radical (unpaired) electrons. The highest BCUT2D eigenvalue weighted by atomic mass is 79.9. The van der Waals surface area contributed by atoms with Crippen LogP contribution in [0.1, 0.15) is 11.1 Å². The lowest BCUT2D eigenvalue weighted by Crippen LogP contribution is -1.84. The van der Waals surface area contributed by atoms with E-state index in [1.54, 1.807) is 0 Å². The third-order valence-corrected chi connectivity index (χ3v) is 2.85.